The van der Waals surface area contributed by atoms with Gasteiger partial charge < -0.3 is 9.84 Å². The van der Waals surface area contributed by atoms with E-state index in [1.807, 2.05) is 6.92 Å². The molecule has 5 nitrogen and oxygen atoms in total. The van der Waals surface area contributed by atoms with E-state index in [9.17, 15) is 18.7 Å². The van der Waals surface area contributed by atoms with Crippen molar-refractivity contribution in [3.05, 3.63) is 59.2 Å². The first-order chi connectivity index (χ1) is 12.0. The van der Waals surface area contributed by atoms with E-state index in [0.29, 0.717) is 29.0 Å². The number of benzene rings is 2. The lowest BCUT2D eigenvalue weighted by molar-refractivity contribution is -0.123. The van der Waals surface area contributed by atoms with Crippen molar-refractivity contribution in [1.29, 1.82) is 0 Å². The van der Waals surface area contributed by atoms with Crippen molar-refractivity contribution in [2.45, 2.75) is 19.3 Å². The molecule has 2 aromatic carbocycles. The summed E-state index contributed by atoms with van der Waals surface area (Å²) in [6.07, 6.45) is 0.406. The molecule has 3 rings (SSSR count). The molecule has 7 heteroatoms. The normalized spacial score (nSPS) is 17.4. The van der Waals surface area contributed by atoms with Crippen LogP contribution in [0.5, 0.6) is 11.5 Å². The van der Waals surface area contributed by atoms with Gasteiger partial charge in [0.25, 0.3) is 5.91 Å². The van der Waals surface area contributed by atoms with Crippen LogP contribution in [0.1, 0.15) is 30.4 Å². The molecule has 0 radical (unpaired) electrons. The molecule has 1 amide bonds. The van der Waals surface area contributed by atoms with E-state index in [1.54, 1.807) is 0 Å². The summed E-state index contributed by atoms with van der Waals surface area (Å²) in [6, 6.07) is 7.74. The van der Waals surface area contributed by atoms with Crippen LogP contribution in [0.25, 0.3) is 0 Å². The average molecular weight is 346 g/mol. The molecule has 0 bridgehead atoms. The number of nitrogens with one attached hydrogen (secondary N) is 1. The van der Waals surface area contributed by atoms with E-state index in [-0.39, 0.29) is 18.3 Å². The quantitative estimate of drug-likeness (QED) is 0.836. The summed E-state index contributed by atoms with van der Waals surface area (Å²) < 4.78 is 31.9. The molecular formula is C18H16F2N2O3. The Labute approximate surface area is 142 Å². The lowest BCUT2D eigenvalue weighted by Crippen LogP contribution is -2.25. The lowest BCUT2D eigenvalue weighted by Gasteiger charge is -2.07. The summed E-state index contributed by atoms with van der Waals surface area (Å²) in [6.45, 7) is 1.52. The van der Waals surface area contributed by atoms with E-state index < -0.39 is 17.5 Å². The second kappa shape index (κ2) is 6.88. The van der Waals surface area contributed by atoms with Crippen molar-refractivity contribution in [1.82, 2.24) is 5.43 Å². The molecule has 25 heavy (non-hydrogen) atoms. The van der Waals surface area contributed by atoms with Crippen LogP contribution in [0.2, 0.25) is 0 Å². The van der Waals surface area contributed by atoms with Crippen LogP contribution in [0.4, 0.5) is 8.78 Å². The molecule has 0 saturated carbocycles. The molecule has 0 fully saturated rings. The molecule has 130 valence electrons. The Kier molecular flexibility index (Phi) is 4.65. The maximum Gasteiger partial charge on any atom is 0.277 e. The predicted molar refractivity (Wildman–Crippen MR) is 87.7 cm³/mol. The Morgan fingerprint density at radius 3 is 2.72 bits per heavy atom. The minimum atomic E-state index is -0.520. The number of phenols is 1. The van der Waals surface area contributed by atoms with E-state index in [0.717, 1.165) is 0 Å². The van der Waals surface area contributed by atoms with Gasteiger partial charge in [-0.3, -0.25) is 4.79 Å². The van der Waals surface area contributed by atoms with Crippen molar-refractivity contribution in [3.63, 3.8) is 0 Å². The molecule has 0 unspecified atom stereocenters. The van der Waals surface area contributed by atoms with Gasteiger partial charge in [0.2, 0.25) is 0 Å². The van der Waals surface area contributed by atoms with E-state index in [4.69, 9.17) is 4.74 Å². The van der Waals surface area contributed by atoms with Crippen LogP contribution in [-0.2, 0) is 4.79 Å². The maximum absolute atomic E-state index is 13.9. The van der Waals surface area contributed by atoms with Gasteiger partial charge in [0.15, 0.2) is 6.61 Å². The van der Waals surface area contributed by atoms with Crippen LogP contribution < -0.4 is 10.2 Å². The van der Waals surface area contributed by atoms with Gasteiger partial charge in [0.1, 0.15) is 23.1 Å². The van der Waals surface area contributed by atoms with Crippen molar-refractivity contribution in [2.75, 3.05) is 6.61 Å². The summed E-state index contributed by atoms with van der Waals surface area (Å²) in [5.41, 5.74) is 3.47. The SMILES string of the molecule is C[C@@H]1C/C(=N\NC(=O)COc2ccc(F)cc2)c2c(O)ccc(F)c21. The highest BCUT2D eigenvalue weighted by Crippen LogP contribution is 2.39. The van der Waals surface area contributed by atoms with Gasteiger partial charge in [-0.1, -0.05) is 6.92 Å². The number of carbonyl (C=O) groups excluding carboxylic acids is 1. The van der Waals surface area contributed by atoms with Gasteiger partial charge in [-0.25, -0.2) is 14.2 Å². The number of aromatic hydroxyl groups is 1. The molecule has 1 aliphatic rings. The highest BCUT2D eigenvalue weighted by molar-refractivity contribution is 6.07. The third kappa shape index (κ3) is 3.60. The number of amides is 1. The number of hydrazone groups is 1. The zero-order chi connectivity index (χ0) is 18.0. The fourth-order valence-electron chi connectivity index (χ4n) is 2.81. The lowest BCUT2D eigenvalue weighted by atomic mass is 10.0. The Balaban J connectivity index is 1.66. The smallest absolute Gasteiger partial charge is 0.277 e. The number of nitrogens with zero attached hydrogens (tertiary/aromatic N) is 1. The molecule has 2 aromatic rings. The molecule has 1 aliphatic carbocycles. The molecule has 0 spiro atoms. The first kappa shape index (κ1) is 16.9. The number of rotatable bonds is 4. The monoisotopic (exact) mass is 346 g/mol. The molecule has 0 saturated heterocycles. The van der Waals surface area contributed by atoms with E-state index in [1.165, 1.54) is 36.4 Å². The number of hydrogen-bond donors (Lipinski definition) is 2. The number of carbonyl (C=O) groups is 1. The van der Waals surface area contributed by atoms with Crippen LogP contribution >= 0.6 is 0 Å². The molecule has 2 N–H and O–H groups in total. The van der Waals surface area contributed by atoms with E-state index >= 15 is 0 Å². The first-order valence-electron chi connectivity index (χ1n) is 7.71. The predicted octanol–water partition coefficient (Wildman–Crippen LogP) is 3.08. The summed E-state index contributed by atoms with van der Waals surface area (Å²) in [5, 5.41) is 14.0. The van der Waals surface area contributed by atoms with Crippen LogP contribution in [0, 0.1) is 11.6 Å². The van der Waals surface area contributed by atoms with Gasteiger partial charge in [-0.2, -0.15) is 5.10 Å². The van der Waals surface area contributed by atoms with Gasteiger partial charge >= 0.3 is 0 Å². The summed E-state index contributed by atoms with van der Waals surface area (Å²) in [4.78, 5) is 11.8. The van der Waals surface area contributed by atoms with Crippen LogP contribution in [0.3, 0.4) is 0 Å². The Hall–Kier alpha value is -2.96. The van der Waals surface area contributed by atoms with Gasteiger partial charge in [0, 0.05) is 11.1 Å². The highest BCUT2D eigenvalue weighted by atomic mass is 19.1. The summed E-state index contributed by atoms with van der Waals surface area (Å²) in [5.74, 6) is -1.19. The second-order valence-corrected chi connectivity index (χ2v) is 5.80. The Morgan fingerprint density at radius 2 is 2.00 bits per heavy atom. The summed E-state index contributed by atoms with van der Waals surface area (Å²) >= 11 is 0. The minimum absolute atomic E-state index is 0.0729. The number of fused-ring (bicyclic) bond motifs is 1. The van der Waals surface area contributed by atoms with Crippen molar-refractivity contribution in [2.24, 2.45) is 5.10 Å². The third-order valence-electron chi connectivity index (χ3n) is 3.95. The average Bonchev–Trinajstić information content (AvgIpc) is 2.93. The molecular weight excluding hydrogens is 330 g/mol. The van der Waals surface area contributed by atoms with E-state index in [2.05, 4.69) is 10.5 Å². The molecule has 1 atom stereocenters. The number of ether oxygens (including phenoxy) is 1. The minimum Gasteiger partial charge on any atom is -0.507 e. The number of hydrogen-bond acceptors (Lipinski definition) is 4. The molecule has 0 heterocycles. The molecule has 0 aromatic heterocycles. The number of phenolic OH excluding ortho intramolecular Hbond substituents is 1. The number of halogens is 2. The zero-order valence-corrected chi connectivity index (χ0v) is 13.4. The zero-order valence-electron chi connectivity index (χ0n) is 13.4. The highest BCUT2D eigenvalue weighted by Gasteiger charge is 2.30. The largest absolute Gasteiger partial charge is 0.507 e. The van der Waals surface area contributed by atoms with Crippen molar-refractivity contribution >= 4 is 11.6 Å². The topological polar surface area (TPSA) is 70.9 Å². The second-order valence-electron chi connectivity index (χ2n) is 5.80. The first-order valence-corrected chi connectivity index (χ1v) is 7.71. The van der Waals surface area contributed by atoms with Gasteiger partial charge in [0.05, 0.1) is 5.71 Å². The van der Waals surface area contributed by atoms with Gasteiger partial charge in [-0.05, 0) is 48.7 Å². The Morgan fingerprint density at radius 1 is 1.28 bits per heavy atom. The van der Waals surface area contributed by atoms with Crippen LogP contribution in [0.15, 0.2) is 41.5 Å². The van der Waals surface area contributed by atoms with Crippen molar-refractivity contribution in [3.8, 4) is 11.5 Å². The van der Waals surface area contributed by atoms with Crippen molar-refractivity contribution < 1.29 is 23.4 Å². The third-order valence-corrected chi connectivity index (χ3v) is 3.95. The summed E-state index contributed by atoms with van der Waals surface area (Å²) in [7, 11) is 0. The fraction of sp³-hybridized carbons (Fsp3) is 0.222. The standard InChI is InChI=1S/C18H16F2N2O3/c1-10-8-14(18-15(23)7-6-13(20)17(10)18)21-22-16(24)9-25-12-4-2-11(19)3-5-12/h2-7,10,23H,8-9H2,1H3,(H,22,24)/b21-14+/t10-/m1/s1. The maximum atomic E-state index is 13.9. The molecule has 0 aliphatic heterocycles. The van der Waals surface area contributed by atoms with Crippen LogP contribution in [-0.4, -0.2) is 23.3 Å². The fourth-order valence-corrected chi connectivity index (χ4v) is 2.81. The van der Waals surface area contributed by atoms with Gasteiger partial charge in [-0.15, -0.1) is 0 Å². The Bertz CT molecular complexity index is 835.